The maximum Gasteiger partial charge on any atom is 0.262 e. The Morgan fingerprint density at radius 3 is 2.82 bits per heavy atom. The van der Waals surface area contributed by atoms with Gasteiger partial charge in [0.1, 0.15) is 0 Å². The molecule has 0 saturated heterocycles. The van der Waals surface area contributed by atoms with Crippen LogP contribution in [0.25, 0.3) is 0 Å². The van der Waals surface area contributed by atoms with Crippen LogP contribution < -0.4 is 10.1 Å². The van der Waals surface area contributed by atoms with Crippen LogP contribution in [0.15, 0.2) is 12.3 Å². The van der Waals surface area contributed by atoms with E-state index < -0.39 is 5.82 Å². The van der Waals surface area contributed by atoms with Gasteiger partial charge in [0.05, 0.1) is 11.9 Å². The zero-order valence-electron chi connectivity index (χ0n) is 9.73. The molecule has 1 N–H and O–H groups in total. The number of rotatable bonds is 3. The highest BCUT2D eigenvalue weighted by Crippen LogP contribution is 2.22. The molecule has 0 fully saturated rings. The lowest BCUT2D eigenvalue weighted by Gasteiger charge is -2.06. The highest BCUT2D eigenvalue weighted by atomic mass is 19.1. The van der Waals surface area contributed by atoms with Gasteiger partial charge in [0, 0.05) is 20.2 Å². The van der Waals surface area contributed by atoms with Crippen LogP contribution in [-0.4, -0.2) is 26.8 Å². The van der Waals surface area contributed by atoms with Crippen LogP contribution >= 0.6 is 0 Å². The number of nitrogens with zero attached hydrogens (tertiary/aromatic N) is 4. The molecule has 0 aromatic carbocycles. The van der Waals surface area contributed by atoms with Crippen molar-refractivity contribution in [3.63, 3.8) is 0 Å². The number of aryl methyl sites for hydroxylation is 2. The van der Waals surface area contributed by atoms with Gasteiger partial charge < -0.3 is 10.1 Å². The van der Waals surface area contributed by atoms with Crippen molar-refractivity contribution in [2.75, 3.05) is 12.4 Å². The minimum Gasteiger partial charge on any atom is -0.418 e. The molecule has 0 spiro atoms. The van der Waals surface area contributed by atoms with Crippen LogP contribution in [0.3, 0.4) is 0 Å². The van der Waals surface area contributed by atoms with Crippen molar-refractivity contribution < 1.29 is 9.13 Å². The first-order chi connectivity index (χ1) is 8.10. The molecular formula is C10H12FN5O. The Morgan fingerprint density at radius 1 is 1.47 bits per heavy atom. The molecule has 17 heavy (non-hydrogen) atoms. The van der Waals surface area contributed by atoms with E-state index in [0.29, 0.717) is 11.8 Å². The zero-order valence-corrected chi connectivity index (χ0v) is 9.73. The first-order valence-corrected chi connectivity index (χ1v) is 4.99. The third kappa shape index (κ3) is 2.32. The Balaban J connectivity index is 2.32. The number of hydrogen-bond donors (Lipinski definition) is 1. The average Bonchev–Trinajstić information content (AvgIpc) is 2.60. The Hall–Kier alpha value is -2.18. The second kappa shape index (κ2) is 4.36. The molecule has 0 amide bonds. The zero-order chi connectivity index (χ0) is 12.4. The summed E-state index contributed by atoms with van der Waals surface area (Å²) in [4.78, 5) is 7.60. The van der Waals surface area contributed by atoms with E-state index in [2.05, 4.69) is 20.4 Å². The molecule has 2 aromatic heterocycles. The molecule has 0 aliphatic rings. The fourth-order valence-corrected chi connectivity index (χ4v) is 1.32. The van der Waals surface area contributed by atoms with E-state index in [9.17, 15) is 4.39 Å². The quantitative estimate of drug-likeness (QED) is 0.876. The van der Waals surface area contributed by atoms with Gasteiger partial charge in [-0.15, -0.1) is 0 Å². The number of halogens is 1. The van der Waals surface area contributed by atoms with Crippen molar-refractivity contribution in [3.8, 4) is 11.8 Å². The molecule has 0 aliphatic heterocycles. The summed E-state index contributed by atoms with van der Waals surface area (Å²) in [5, 5.41) is 6.80. The van der Waals surface area contributed by atoms with E-state index in [1.165, 1.54) is 4.68 Å². The maximum atomic E-state index is 13.4. The van der Waals surface area contributed by atoms with Crippen molar-refractivity contribution in [1.29, 1.82) is 0 Å². The molecule has 0 saturated carbocycles. The summed E-state index contributed by atoms with van der Waals surface area (Å²) in [5.41, 5.74) is 0.783. The van der Waals surface area contributed by atoms with Gasteiger partial charge in [0.15, 0.2) is 0 Å². The standard InChI is InChI=1S/C10H12FN5O/c1-6-4-8(16(3)15-6)17-9-7(11)5-13-10(12-2)14-9/h4-5H,1-3H3,(H,12,13,14). The molecule has 0 aliphatic carbocycles. The van der Waals surface area contributed by atoms with E-state index in [-0.39, 0.29) is 5.88 Å². The number of hydrogen-bond acceptors (Lipinski definition) is 5. The van der Waals surface area contributed by atoms with Crippen LogP contribution in [-0.2, 0) is 7.05 Å². The van der Waals surface area contributed by atoms with Crippen molar-refractivity contribution in [1.82, 2.24) is 19.7 Å². The van der Waals surface area contributed by atoms with Gasteiger partial charge in [-0.1, -0.05) is 0 Å². The average molecular weight is 237 g/mol. The summed E-state index contributed by atoms with van der Waals surface area (Å²) in [5.74, 6) is -0.0438. The van der Waals surface area contributed by atoms with Crippen LogP contribution in [0.1, 0.15) is 5.69 Å². The van der Waals surface area contributed by atoms with Crippen LogP contribution in [0.2, 0.25) is 0 Å². The highest BCUT2D eigenvalue weighted by molar-refractivity contribution is 5.29. The predicted molar refractivity (Wildman–Crippen MR) is 59.6 cm³/mol. The van der Waals surface area contributed by atoms with E-state index in [4.69, 9.17) is 4.74 Å². The molecule has 0 radical (unpaired) electrons. The molecule has 2 heterocycles. The SMILES string of the molecule is CNc1ncc(F)c(Oc2cc(C)nn2C)n1. The van der Waals surface area contributed by atoms with Gasteiger partial charge in [-0.05, 0) is 6.92 Å². The summed E-state index contributed by atoms with van der Waals surface area (Å²) < 4.78 is 20.3. The lowest BCUT2D eigenvalue weighted by Crippen LogP contribution is -2.02. The monoisotopic (exact) mass is 237 g/mol. The summed E-state index contributed by atoms with van der Waals surface area (Å²) >= 11 is 0. The lowest BCUT2D eigenvalue weighted by atomic mass is 10.5. The topological polar surface area (TPSA) is 64.9 Å². The normalized spacial score (nSPS) is 10.4. The first kappa shape index (κ1) is 11.3. The summed E-state index contributed by atoms with van der Waals surface area (Å²) in [6.07, 6.45) is 1.05. The van der Waals surface area contributed by atoms with E-state index >= 15 is 0 Å². The van der Waals surface area contributed by atoms with Crippen molar-refractivity contribution in [2.24, 2.45) is 7.05 Å². The summed E-state index contributed by atoms with van der Waals surface area (Å²) in [7, 11) is 3.35. The first-order valence-electron chi connectivity index (χ1n) is 4.99. The largest absolute Gasteiger partial charge is 0.418 e. The van der Waals surface area contributed by atoms with Crippen molar-refractivity contribution in [2.45, 2.75) is 6.92 Å². The lowest BCUT2D eigenvalue weighted by molar-refractivity contribution is 0.386. The maximum absolute atomic E-state index is 13.4. The Morgan fingerprint density at radius 2 is 2.24 bits per heavy atom. The number of ether oxygens (including phenoxy) is 1. The number of anilines is 1. The van der Waals surface area contributed by atoms with Gasteiger partial charge in [0.25, 0.3) is 5.88 Å². The molecule has 2 rings (SSSR count). The van der Waals surface area contributed by atoms with E-state index in [0.717, 1.165) is 11.9 Å². The van der Waals surface area contributed by atoms with Gasteiger partial charge in [-0.2, -0.15) is 14.5 Å². The second-order valence-corrected chi connectivity index (χ2v) is 3.45. The smallest absolute Gasteiger partial charge is 0.262 e. The summed E-state index contributed by atoms with van der Waals surface area (Å²) in [6.45, 7) is 1.82. The third-order valence-electron chi connectivity index (χ3n) is 2.10. The number of aromatic nitrogens is 4. The van der Waals surface area contributed by atoms with Crippen LogP contribution in [0.4, 0.5) is 10.3 Å². The third-order valence-corrected chi connectivity index (χ3v) is 2.10. The highest BCUT2D eigenvalue weighted by Gasteiger charge is 2.11. The van der Waals surface area contributed by atoms with Crippen molar-refractivity contribution >= 4 is 5.95 Å². The molecule has 7 heteroatoms. The molecular weight excluding hydrogens is 225 g/mol. The molecule has 90 valence electrons. The Labute approximate surface area is 97.5 Å². The van der Waals surface area contributed by atoms with Gasteiger partial charge >= 0.3 is 0 Å². The fourth-order valence-electron chi connectivity index (χ4n) is 1.32. The predicted octanol–water partition coefficient (Wildman–Crippen LogP) is 1.49. The molecule has 6 nitrogen and oxygen atoms in total. The van der Waals surface area contributed by atoms with Gasteiger partial charge in [-0.3, -0.25) is 0 Å². The second-order valence-electron chi connectivity index (χ2n) is 3.45. The molecule has 0 bridgehead atoms. The van der Waals surface area contributed by atoms with Crippen molar-refractivity contribution in [3.05, 3.63) is 23.8 Å². The number of nitrogens with one attached hydrogen (secondary N) is 1. The van der Waals surface area contributed by atoms with Crippen LogP contribution in [0.5, 0.6) is 11.8 Å². The van der Waals surface area contributed by atoms with Gasteiger partial charge in [0.2, 0.25) is 17.6 Å². The Kier molecular flexibility index (Phi) is 2.90. The minimum absolute atomic E-state index is 0.132. The summed E-state index contributed by atoms with van der Waals surface area (Å²) in [6, 6.07) is 1.70. The van der Waals surface area contributed by atoms with Crippen LogP contribution in [0, 0.1) is 12.7 Å². The van der Waals surface area contributed by atoms with E-state index in [1.807, 2.05) is 6.92 Å². The Bertz CT molecular complexity index is 539. The molecule has 0 atom stereocenters. The molecule has 2 aromatic rings. The minimum atomic E-state index is -0.622. The van der Waals surface area contributed by atoms with Gasteiger partial charge in [-0.25, -0.2) is 9.67 Å². The van der Waals surface area contributed by atoms with E-state index in [1.54, 1.807) is 20.2 Å². The fraction of sp³-hybridized carbons (Fsp3) is 0.300. The molecule has 0 unspecified atom stereocenters.